The van der Waals surface area contributed by atoms with Crippen molar-refractivity contribution >= 4 is 37.7 Å². The Kier molecular flexibility index (Phi) is 5.91. The molecule has 0 fully saturated rings. The second kappa shape index (κ2) is 6.72. The quantitative estimate of drug-likeness (QED) is 0.863. The van der Waals surface area contributed by atoms with E-state index >= 15 is 0 Å². The fourth-order valence-electron chi connectivity index (χ4n) is 1.22. The molecule has 96 valence electrons. The Bertz CT molecular complexity index is 465. The average Bonchev–Trinajstić information content (AvgIpc) is 2.27. The molecule has 0 bridgehead atoms. The molecule has 17 heavy (non-hydrogen) atoms. The summed E-state index contributed by atoms with van der Waals surface area (Å²) in [5, 5.41) is 0. The lowest BCUT2D eigenvalue weighted by molar-refractivity contribution is 0.562. The summed E-state index contributed by atoms with van der Waals surface area (Å²) in [6.07, 6.45) is 4.89. The maximum Gasteiger partial charge on any atom is 0.242 e. The molecule has 1 aromatic heterocycles. The van der Waals surface area contributed by atoms with Gasteiger partial charge in [-0.3, -0.25) is 4.98 Å². The predicted molar refractivity (Wildman–Crippen MR) is 74.7 cm³/mol. The van der Waals surface area contributed by atoms with Crippen LogP contribution in [0.25, 0.3) is 0 Å². The molecule has 1 N–H and O–H groups in total. The number of hydrogen-bond donors (Lipinski definition) is 1. The van der Waals surface area contributed by atoms with Gasteiger partial charge in [-0.05, 0) is 39.9 Å². The third-order valence-electron chi connectivity index (χ3n) is 2.06. The highest BCUT2D eigenvalue weighted by atomic mass is 79.9. The van der Waals surface area contributed by atoms with Gasteiger partial charge in [-0.2, -0.15) is 11.8 Å². The lowest BCUT2D eigenvalue weighted by Gasteiger charge is -2.11. The molecule has 4 nitrogen and oxygen atoms in total. The summed E-state index contributed by atoms with van der Waals surface area (Å²) in [5.41, 5.74) is 0. The molecule has 1 atom stereocenters. The summed E-state index contributed by atoms with van der Waals surface area (Å²) >= 11 is 4.91. The van der Waals surface area contributed by atoms with Crippen molar-refractivity contribution in [3.63, 3.8) is 0 Å². The molecule has 0 radical (unpaired) electrons. The Labute approximate surface area is 115 Å². The van der Waals surface area contributed by atoms with Crippen molar-refractivity contribution < 1.29 is 8.42 Å². The van der Waals surface area contributed by atoms with Crippen LogP contribution < -0.4 is 4.72 Å². The minimum Gasteiger partial charge on any atom is -0.262 e. The van der Waals surface area contributed by atoms with Crippen LogP contribution in [0.3, 0.4) is 0 Å². The Morgan fingerprint density at radius 1 is 1.53 bits per heavy atom. The highest BCUT2D eigenvalue weighted by Crippen LogP contribution is 2.14. The third kappa shape index (κ3) is 4.95. The van der Waals surface area contributed by atoms with Gasteiger partial charge in [0.25, 0.3) is 0 Å². The number of nitrogens with one attached hydrogen (secondary N) is 1. The van der Waals surface area contributed by atoms with Gasteiger partial charge in [-0.15, -0.1) is 0 Å². The van der Waals surface area contributed by atoms with Crippen LogP contribution in [0, 0.1) is 5.92 Å². The minimum atomic E-state index is -3.45. The van der Waals surface area contributed by atoms with Crippen molar-refractivity contribution in [2.75, 3.05) is 18.6 Å². The van der Waals surface area contributed by atoms with E-state index in [-0.39, 0.29) is 4.90 Å². The van der Waals surface area contributed by atoms with Crippen LogP contribution in [0.15, 0.2) is 27.8 Å². The minimum absolute atomic E-state index is 0.184. The largest absolute Gasteiger partial charge is 0.262 e. The molecule has 0 amide bonds. The van der Waals surface area contributed by atoms with Crippen molar-refractivity contribution in [2.45, 2.75) is 11.8 Å². The van der Waals surface area contributed by atoms with Crippen molar-refractivity contribution in [1.82, 2.24) is 9.71 Å². The standard InChI is InChI=1S/C10H15BrN2O2S2/c1-8(7-16-2)4-13-17(14,15)10-3-9(11)5-12-6-10/h3,5-6,8,13H,4,7H2,1-2H3. The van der Waals surface area contributed by atoms with Gasteiger partial charge in [0.2, 0.25) is 10.0 Å². The van der Waals surface area contributed by atoms with E-state index in [0.29, 0.717) is 16.9 Å². The monoisotopic (exact) mass is 338 g/mol. The summed E-state index contributed by atoms with van der Waals surface area (Å²) < 4.78 is 27.1. The Balaban J connectivity index is 2.69. The average molecular weight is 339 g/mol. The molecule has 0 aliphatic heterocycles. The van der Waals surface area contributed by atoms with Gasteiger partial charge in [0.05, 0.1) is 0 Å². The summed E-state index contributed by atoms with van der Waals surface area (Å²) in [4.78, 5) is 4.03. The first-order chi connectivity index (χ1) is 7.95. The first-order valence-corrected chi connectivity index (χ1v) is 8.72. The van der Waals surface area contributed by atoms with Crippen molar-refractivity contribution in [3.8, 4) is 0 Å². The van der Waals surface area contributed by atoms with Crippen LogP contribution in [-0.2, 0) is 10.0 Å². The number of thioether (sulfide) groups is 1. The van der Waals surface area contributed by atoms with Gasteiger partial charge < -0.3 is 0 Å². The third-order valence-corrected chi connectivity index (χ3v) is 4.79. The Hall–Kier alpha value is -0.110. The molecule has 1 heterocycles. The van der Waals surface area contributed by atoms with Crippen LogP contribution in [-0.4, -0.2) is 32.0 Å². The maximum atomic E-state index is 11.9. The van der Waals surface area contributed by atoms with E-state index in [2.05, 4.69) is 25.6 Å². The van der Waals surface area contributed by atoms with E-state index in [9.17, 15) is 8.42 Å². The summed E-state index contributed by atoms with van der Waals surface area (Å²) in [6.45, 7) is 2.45. The summed E-state index contributed by atoms with van der Waals surface area (Å²) in [7, 11) is -3.45. The molecule has 0 aromatic carbocycles. The van der Waals surface area contributed by atoms with Gasteiger partial charge in [-0.1, -0.05) is 6.92 Å². The first kappa shape index (κ1) is 14.9. The molecular weight excluding hydrogens is 324 g/mol. The smallest absolute Gasteiger partial charge is 0.242 e. The highest BCUT2D eigenvalue weighted by molar-refractivity contribution is 9.10. The van der Waals surface area contributed by atoms with E-state index in [1.165, 1.54) is 12.3 Å². The van der Waals surface area contributed by atoms with E-state index in [1.54, 1.807) is 18.0 Å². The zero-order chi connectivity index (χ0) is 12.9. The fourth-order valence-corrected chi connectivity index (χ4v) is 3.57. The fraction of sp³-hybridized carbons (Fsp3) is 0.500. The van der Waals surface area contributed by atoms with Crippen molar-refractivity contribution in [1.29, 1.82) is 0 Å². The summed E-state index contributed by atoms with van der Waals surface area (Å²) in [5.74, 6) is 1.24. The van der Waals surface area contributed by atoms with Gasteiger partial charge in [0.1, 0.15) is 4.90 Å². The van der Waals surface area contributed by atoms with Crippen molar-refractivity contribution in [3.05, 3.63) is 22.9 Å². The van der Waals surface area contributed by atoms with E-state index < -0.39 is 10.0 Å². The van der Waals surface area contributed by atoms with Crippen LogP contribution in [0.5, 0.6) is 0 Å². The lowest BCUT2D eigenvalue weighted by Crippen LogP contribution is -2.29. The number of pyridine rings is 1. The molecule has 0 saturated heterocycles. The van der Waals surface area contributed by atoms with Crippen LogP contribution >= 0.6 is 27.7 Å². The molecule has 0 aliphatic rings. The van der Waals surface area contributed by atoms with E-state index in [4.69, 9.17) is 0 Å². The molecule has 7 heteroatoms. The SMILES string of the molecule is CSCC(C)CNS(=O)(=O)c1cncc(Br)c1. The second-order valence-electron chi connectivity index (χ2n) is 3.75. The van der Waals surface area contributed by atoms with Gasteiger partial charge >= 0.3 is 0 Å². The zero-order valence-electron chi connectivity index (χ0n) is 9.68. The molecule has 1 rings (SSSR count). The van der Waals surface area contributed by atoms with Gasteiger partial charge in [0, 0.05) is 23.4 Å². The van der Waals surface area contributed by atoms with Gasteiger partial charge in [-0.25, -0.2) is 13.1 Å². The first-order valence-electron chi connectivity index (χ1n) is 5.05. The molecule has 1 aromatic rings. The summed E-state index contributed by atoms with van der Waals surface area (Å²) in [6, 6.07) is 1.54. The zero-order valence-corrected chi connectivity index (χ0v) is 12.9. The number of sulfonamides is 1. The number of nitrogens with zero attached hydrogens (tertiary/aromatic N) is 1. The second-order valence-corrected chi connectivity index (χ2v) is 7.34. The molecular formula is C10H15BrN2O2S2. The van der Waals surface area contributed by atoms with Gasteiger partial charge in [0.15, 0.2) is 0 Å². The van der Waals surface area contributed by atoms with Crippen molar-refractivity contribution in [2.24, 2.45) is 5.92 Å². The number of hydrogen-bond acceptors (Lipinski definition) is 4. The number of aromatic nitrogens is 1. The van der Waals surface area contributed by atoms with E-state index in [1.807, 2.05) is 13.2 Å². The molecule has 0 aliphatic carbocycles. The number of rotatable bonds is 6. The van der Waals surface area contributed by atoms with Crippen LogP contribution in [0.1, 0.15) is 6.92 Å². The van der Waals surface area contributed by atoms with E-state index in [0.717, 1.165) is 5.75 Å². The molecule has 1 unspecified atom stereocenters. The highest BCUT2D eigenvalue weighted by Gasteiger charge is 2.15. The normalized spacial score (nSPS) is 13.6. The number of halogens is 1. The molecule has 0 saturated carbocycles. The maximum absolute atomic E-state index is 11.9. The molecule has 0 spiro atoms. The van der Waals surface area contributed by atoms with Crippen LogP contribution in [0.2, 0.25) is 0 Å². The predicted octanol–water partition coefficient (Wildman–Crippen LogP) is 2.12. The Morgan fingerprint density at radius 2 is 2.24 bits per heavy atom. The lowest BCUT2D eigenvalue weighted by atomic mass is 10.2. The topological polar surface area (TPSA) is 59.1 Å². The van der Waals surface area contributed by atoms with Crippen LogP contribution in [0.4, 0.5) is 0 Å². The Morgan fingerprint density at radius 3 is 2.82 bits per heavy atom.